The molecule has 8 heteroatoms. The number of ketones is 1. The minimum absolute atomic E-state index is 0.0599. The van der Waals surface area contributed by atoms with Gasteiger partial charge in [0.25, 0.3) is 0 Å². The summed E-state index contributed by atoms with van der Waals surface area (Å²) in [6.07, 6.45) is 0.380. The van der Waals surface area contributed by atoms with E-state index in [1.165, 1.54) is 11.9 Å². The fourth-order valence-corrected chi connectivity index (χ4v) is 2.49. The van der Waals surface area contributed by atoms with Crippen molar-refractivity contribution >= 4 is 23.5 Å². The molecule has 0 spiro atoms. The van der Waals surface area contributed by atoms with E-state index in [2.05, 4.69) is 10.6 Å². The predicted molar refractivity (Wildman–Crippen MR) is 114 cm³/mol. The second-order valence-corrected chi connectivity index (χ2v) is 9.62. The van der Waals surface area contributed by atoms with E-state index in [1.807, 2.05) is 20.8 Å². The summed E-state index contributed by atoms with van der Waals surface area (Å²) >= 11 is 0. The first-order valence-corrected chi connectivity index (χ1v) is 10.2. The number of hydrogen-bond donors (Lipinski definition) is 3. The quantitative estimate of drug-likeness (QED) is 0.496. The normalized spacial score (nSPS) is 14.0. The number of Topliss-reactive ketones (excluding diaryl/α,β-unsaturated/α-hetero) is 1. The van der Waals surface area contributed by atoms with Gasteiger partial charge >= 0.3 is 0 Å². The van der Waals surface area contributed by atoms with E-state index in [9.17, 15) is 19.2 Å². The van der Waals surface area contributed by atoms with Crippen LogP contribution in [-0.4, -0.2) is 61.1 Å². The number of nitrogens with one attached hydrogen (secondary N) is 2. The van der Waals surface area contributed by atoms with E-state index in [0.717, 1.165) is 0 Å². The molecule has 1 unspecified atom stereocenters. The van der Waals surface area contributed by atoms with Crippen LogP contribution in [-0.2, 0) is 19.2 Å². The monoisotopic (exact) mass is 412 g/mol. The van der Waals surface area contributed by atoms with Crippen LogP contribution in [0.5, 0.6) is 0 Å². The van der Waals surface area contributed by atoms with Gasteiger partial charge in [-0.2, -0.15) is 0 Å². The van der Waals surface area contributed by atoms with E-state index >= 15 is 0 Å². The maximum absolute atomic E-state index is 12.9. The molecule has 0 bridgehead atoms. The maximum atomic E-state index is 12.9. The Balaban J connectivity index is 5.12. The second-order valence-electron chi connectivity index (χ2n) is 9.62. The largest absolute Gasteiger partial charge is 0.356 e. The fourth-order valence-electron chi connectivity index (χ4n) is 2.49. The lowest BCUT2D eigenvalue weighted by Crippen LogP contribution is -2.51. The van der Waals surface area contributed by atoms with Crippen LogP contribution >= 0.6 is 0 Å². The molecule has 0 rings (SSSR count). The summed E-state index contributed by atoms with van der Waals surface area (Å²) in [5.41, 5.74) is 4.34. The first kappa shape index (κ1) is 27.0. The highest BCUT2D eigenvalue weighted by Gasteiger charge is 2.34. The van der Waals surface area contributed by atoms with Crippen LogP contribution in [0.15, 0.2) is 0 Å². The summed E-state index contributed by atoms with van der Waals surface area (Å²) < 4.78 is 0. The van der Waals surface area contributed by atoms with E-state index < -0.39 is 28.7 Å². The minimum atomic E-state index is -0.896. The molecule has 29 heavy (non-hydrogen) atoms. The number of carbonyl (C=O) groups is 4. The number of nitrogens with zero attached hydrogens (tertiary/aromatic N) is 1. The van der Waals surface area contributed by atoms with Gasteiger partial charge < -0.3 is 21.3 Å². The molecule has 2 atom stereocenters. The first-order chi connectivity index (χ1) is 13.1. The number of rotatable bonds is 10. The first-order valence-electron chi connectivity index (χ1n) is 10.2. The van der Waals surface area contributed by atoms with Crippen molar-refractivity contribution in [1.82, 2.24) is 15.5 Å². The molecular formula is C21H40N4O4. The summed E-state index contributed by atoms with van der Waals surface area (Å²) in [4.78, 5) is 51.2. The van der Waals surface area contributed by atoms with Crippen LogP contribution in [0, 0.1) is 16.7 Å². The smallest absolute Gasteiger partial charge is 0.243 e. The average Bonchev–Trinajstić information content (AvgIpc) is 2.60. The topological polar surface area (TPSA) is 122 Å². The maximum Gasteiger partial charge on any atom is 0.243 e. The van der Waals surface area contributed by atoms with Crippen molar-refractivity contribution in [1.29, 1.82) is 0 Å². The molecule has 0 radical (unpaired) electrons. The van der Waals surface area contributed by atoms with E-state index in [0.29, 0.717) is 13.0 Å². The SMILES string of the molecule is CC(CCNC(=O)C(C)(C)C)C(=O)N(C)[C@@H](CC(=O)C(C)(C)C)C(=O)NCCN. The lowest BCUT2D eigenvalue weighted by atomic mass is 9.86. The van der Waals surface area contributed by atoms with Crippen molar-refractivity contribution in [2.75, 3.05) is 26.7 Å². The van der Waals surface area contributed by atoms with E-state index in [1.54, 1.807) is 27.7 Å². The Hall–Kier alpha value is -1.96. The van der Waals surface area contributed by atoms with Gasteiger partial charge in [0, 0.05) is 49.9 Å². The molecule has 0 aliphatic heterocycles. The lowest BCUT2D eigenvalue weighted by molar-refractivity contribution is -0.144. The summed E-state index contributed by atoms with van der Waals surface area (Å²) in [6.45, 7) is 13.5. The number of amides is 3. The zero-order chi connectivity index (χ0) is 23.0. The average molecular weight is 413 g/mol. The number of likely N-dealkylation sites (N-methyl/N-ethyl adjacent to an activating group) is 1. The molecule has 0 aliphatic rings. The summed E-state index contributed by atoms with van der Waals surface area (Å²) in [6, 6.07) is -0.896. The Kier molecular flexibility index (Phi) is 10.5. The molecule has 3 amide bonds. The van der Waals surface area contributed by atoms with Gasteiger partial charge in [-0.25, -0.2) is 0 Å². The Morgan fingerprint density at radius 3 is 1.93 bits per heavy atom. The number of nitrogens with two attached hydrogens (primary N) is 1. The van der Waals surface area contributed by atoms with Crippen LogP contribution in [0.25, 0.3) is 0 Å². The van der Waals surface area contributed by atoms with Crippen LogP contribution in [0.1, 0.15) is 61.3 Å². The summed E-state index contributed by atoms with van der Waals surface area (Å²) in [5, 5.41) is 5.49. The molecule has 8 nitrogen and oxygen atoms in total. The molecule has 0 aromatic heterocycles. The Labute approximate surface area is 175 Å². The van der Waals surface area contributed by atoms with Gasteiger partial charge in [-0.3, -0.25) is 19.2 Å². The third-order valence-corrected chi connectivity index (χ3v) is 4.74. The number of carbonyl (C=O) groups excluding carboxylic acids is 4. The van der Waals surface area contributed by atoms with E-state index in [-0.39, 0.29) is 37.1 Å². The van der Waals surface area contributed by atoms with Crippen molar-refractivity contribution in [3.8, 4) is 0 Å². The zero-order valence-electron chi connectivity index (χ0n) is 19.3. The van der Waals surface area contributed by atoms with Gasteiger partial charge in [-0.05, 0) is 6.42 Å². The van der Waals surface area contributed by atoms with Gasteiger partial charge in [0.1, 0.15) is 11.8 Å². The molecular weight excluding hydrogens is 372 g/mol. The molecule has 0 saturated heterocycles. The Morgan fingerprint density at radius 1 is 0.931 bits per heavy atom. The van der Waals surface area contributed by atoms with Gasteiger partial charge in [-0.15, -0.1) is 0 Å². The summed E-state index contributed by atoms with van der Waals surface area (Å²) in [5.74, 6) is -1.23. The molecule has 0 aliphatic carbocycles. The summed E-state index contributed by atoms with van der Waals surface area (Å²) in [7, 11) is 1.54. The van der Waals surface area contributed by atoms with Crippen LogP contribution < -0.4 is 16.4 Å². The highest BCUT2D eigenvalue weighted by Crippen LogP contribution is 2.21. The van der Waals surface area contributed by atoms with Crippen LogP contribution in [0.2, 0.25) is 0 Å². The molecule has 4 N–H and O–H groups in total. The van der Waals surface area contributed by atoms with Crippen molar-refractivity contribution in [2.45, 2.75) is 67.3 Å². The second kappa shape index (κ2) is 11.3. The minimum Gasteiger partial charge on any atom is -0.356 e. The van der Waals surface area contributed by atoms with Gasteiger partial charge in [0.15, 0.2) is 0 Å². The molecule has 0 aromatic carbocycles. The standard InChI is InChI=1S/C21H40N4O4/c1-14(9-11-24-19(29)21(5,6)7)18(28)25(8)15(17(27)23-12-10-22)13-16(26)20(2,3)4/h14-15H,9-13,22H2,1-8H3,(H,23,27)(H,24,29)/t14?,15-/m0/s1. The van der Waals surface area contributed by atoms with Gasteiger partial charge in [0.05, 0.1) is 0 Å². The van der Waals surface area contributed by atoms with Crippen molar-refractivity contribution in [3.63, 3.8) is 0 Å². The van der Waals surface area contributed by atoms with Gasteiger partial charge in [-0.1, -0.05) is 48.5 Å². The van der Waals surface area contributed by atoms with Gasteiger partial charge in [0.2, 0.25) is 17.7 Å². The zero-order valence-corrected chi connectivity index (χ0v) is 19.3. The molecule has 0 heterocycles. The fraction of sp³-hybridized carbons (Fsp3) is 0.810. The lowest BCUT2D eigenvalue weighted by Gasteiger charge is -2.31. The highest BCUT2D eigenvalue weighted by molar-refractivity contribution is 5.94. The Bertz CT molecular complexity index is 590. The van der Waals surface area contributed by atoms with Crippen molar-refractivity contribution in [2.24, 2.45) is 22.5 Å². The number of hydrogen-bond acceptors (Lipinski definition) is 5. The third-order valence-electron chi connectivity index (χ3n) is 4.74. The molecule has 0 fully saturated rings. The van der Waals surface area contributed by atoms with Crippen molar-refractivity contribution < 1.29 is 19.2 Å². The van der Waals surface area contributed by atoms with Crippen molar-refractivity contribution in [3.05, 3.63) is 0 Å². The van der Waals surface area contributed by atoms with Crippen LogP contribution in [0.4, 0.5) is 0 Å². The Morgan fingerprint density at radius 2 is 1.48 bits per heavy atom. The molecule has 168 valence electrons. The van der Waals surface area contributed by atoms with E-state index in [4.69, 9.17) is 5.73 Å². The predicted octanol–water partition coefficient (Wildman–Crippen LogP) is 1.08. The molecule has 0 saturated carbocycles. The highest BCUT2D eigenvalue weighted by atomic mass is 16.2. The van der Waals surface area contributed by atoms with Crippen LogP contribution in [0.3, 0.4) is 0 Å². The molecule has 0 aromatic rings. The third kappa shape index (κ3) is 9.39.